The van der Waals surface area contributed by atoms with Crippen LogP contribution in [-0.2, 0) is 4.74 Å². The van der Waals surface area contributed by atoms with Crippen LogP contribution in [0, 0.1) is 17.6 Å². The van der Waals surface area contributed by atoms with Crippen LogP contribution < -0.4 is 5.32 Å². The van der Waals surface area contributed by atoms with E-state index in [0.717, 1.165) is 12.8 Å². The van der Waals surface area contributed by atoms with Gasteiger partial charge in [-0.25, -0.2) is 8.78 Å². The summed E-state index contributed by atoms with van der Waals surface area (Å²) in [6, 6.07) is 3.78. The van der Waals surface area contributed by atoms with Gasteiger partial charge in [-0.05, 0) is 37.4 Å². The Morgan fingerprint density at radius 3 is 2.44 bits per heavy atom. The van der Waals surface area contributed by atoms with E-state index in [2.05, 4.69) is 5.32 Å². The highest BCUT2D eigenvalue weighted by molar-refractivity contribution is 5.24. The highest BCUT2D eigenvalue weighted by Gasteiger charge is 2.28. The number of nitrogens with one attached hydrogen (secondary N) is 1. The lowest BCUT2D eigenvalue weighted by molar-refractivity contribution is 0.0528. The van der Waals surface area contributed by atoms with E-state index in [1.807, 2.05) is 6.92 Å². The summed E-state index contributed by atoms with van der Waals surface area (Å²) in [4.78, 5) is 0. The van der Waals surface area contributed by atoms with Crippen molar-refractivity contribution in [3.8, 4) is 0 Å². The van der Waals surface area contributed by atoms with Gasteiger partial charge < -0.3 is 10.1 Å². The fraction of sp³-hybridized carbons (Fsp3) is 0.571. The van der Waals surface area contributed by atoms with Crippen molar-refractivity contribution in [2.45, 2.75) is 25.8 Å². The second-order valence-corrected chi connectivity index (χ2v) is 4.62. The molecule has 0 amide bonds. The molecule has 1 atom stereocenters. The first-order valence-electron chi connectivity index (χ1n) is 6.49. The van der Waals surface area contributed by atoms with Crippen LogP contribution in [0.3, 0.4) is 0 Å². The molecule has 0 radical (unpaired) electrons. The Balaban J connectivity index is 2.28. The van der Waals surface area contributed by atoms with Crippen LogP contribution in [0.5, 0.6) is 0 Å². The van der Waals surface area contributed by atoms with Gasteiger partial charge in [-0.2, -0.15) is 0 Å². The molecule has 4 heteroatoms. The maximum absolute atomic E-state index is 13.9. The van der Waals surface area contributed by atoms with E-state index in [1.54, 1.807) is 0 Å². The number of halogens is 2. The van der Waals surface area contributed by atoms with Crippen molar-refractivity contribution < 1.29 is 13.5 Å². The Labute approximate surface area is 106 Å². The predicted molar refractivity (Wildman–Crippen MR) is 66.3 cm³/mol. The largest absolute Gasteiger partial charge is 0.381 e. The molecule has 2 rings (SSSR count). The molecule has 1 aliphatic heterocycles. The molecular weight excluding hydrogens is 236 g/mol. The number of rotatable bonds is 4. The quantitative estimate of drug-likeness (QED) is 0.893. The van der Waals surface area contributed by atoms with Gasteiger partial charge in [-0.3, -0.25) is 0 Å². The average molecular weight is 255 g/mol. The first-order chi connectivity index (χ1) is 8.74. The molecule has 1 aromatic rings. The second-order valence-electron chi connectivity index (χ2n) is 4.62. The summed E-state index contributed by atoms with van der Waals surface area (Å²) in [5.41, 5.74) is 0.172. The van der Waals surface area contributed by atoms with Crippen LogP contribution >= 0.6 is 0 Å². The van der Waals surface area contributed by atoms with Crippen LogP contribution in [0.1, 0.15) is 31.4 Å². The Bertz CT molecular complexity index is 371. The lowest BCUT2D eigenvalue weighted by atomic mass is 9.86. The van der Waals surface area contributed by atoms with Crippen LogP contribution in [-0.4, -0.2) is 19.8 Å². The molecule has 100 valence electrons. The fourth-order valence-corrected chi connectivity index (χ4v) is 2.58. The van der Waals surface area contributed by atoms with Gasteiger partial charge in [-0.1, -0.05) is 13.0 Å². The molecule has 0 saturated carbocycles. The minimum Gasteiger partial charge on any atom is -0.381 e. The Morgan fingerprint density at radius 1 is 1.28 bits per heavy atom. The maximum Gasteiger partial charge on any atom is 0.130 e. The third-order valence-electron chi connectivity index (χ3n) is 3.47. The number of benzene rings is 1. The molecule has 1 aliphatic rings. The van der Waals surface area contributed by atoms with Gasteiger partial charge in [0.1, 0.15) is 11.6 Å². The summed E-state index contributed by atoms with van der Waals surface area (Å²) < 4.78 is 33.0. The zero-order valence-electron chi connectivity index (χ0n) is 10.6. The molecule has 1 fully saturated rings. The smallest absolute Gasteiger partial charge is 0.130 e. The van der Waals surface area contributed by atoms with Crippen molar-refractivity contribution in [3.63, 3.8) is 0 Å². The highest BCUT2D eigenvalue weighted by Crippen LogP contribution is 2.32. The van der Waals surface area contributed by atoms with E-state index in [-0.39, 0.29) is 17.5 Å². The zero-order valence-corrected chi connectivity index (χ0v) is 10.6. The van der Waals surface area contributed by atoms with Crippen molar-refractivity contribution in [2.24, 2.45) is 5.92 Å². The summed E-state index contributed by atoms with van der Waals surface area (Å²) in [6.07, 6.45) is 1.68. The van der Waals surface area contributed by atoms with Gasteiger partial charge >= 0.3 is 0 Å². The molecule has 2 nitrogen and oxygen atoms in total. The van der Waals surface area contributed by atoms with Gasteiger partial charge in [-0.15, -0.1) is 0 Å². The van der Waals surface area contributed by atoms with Crippen LogP contribution in [0.2, 0.25) is 0 Å². The molecule has 1 saturated heterocycles. The van der Waals surface area contributed by atoms with Crippen molar-refractivity contribution in [3.05, 3.63) is 35.4 Å². The van der Waals surface area contributed by atoms with Crippen molar-refractivity contribution in [1.29, 1.82) is 0 Å². The predicted octanol–water partition coefficient (Wildman–Crippen LogP) is 3.04. The standard InChI is InChI=1S/C14H19F2NO/c1-2-17-14(10-6-8-18-9-7-10)13-11(15)4-3-5-12(13)16/h3-5,10,14,17H,2,6-9H2,1H3. The summed E-state index contributed by atoms with van der Waals surface area (Å²) in [5, 5.41) is 3.21. The molecule has 1 aromatic carbocycles. The fourth-order valence-electron chi connectivity index (χ4n) is 2.58. The van der Waals surface area contributed by atoms with Gasteiger partial charge in [0.05, 0.1) is 0 Å². The number of ether oxygens (including phenoxy) is 1. The Morgan fingerprint density at radius 2 is 1.89 bits per heavy atom. The third kappa shape index (κ3) is 2.87. The van der Waals surface area contributed by atoms with Crippen LogP contribution in [0.15, 0.2) is 18.2 Å². The molecule has 0 aromatic heterocycles. The SMILES string of the molecule is CCNC(c1c(F)cccc1F)C1CCOCC1. The number of hydrogen-bond donors (Lipinski definition) is 1. The molecule has 0 bridgehead atoms. The van der Waals surface area contributed by atoms with Crippen molar-refractivity contribution in [2.75, 3.05) is 19.8 Å². The molecule has 0 spiro atoms. The summed E-state index contributed by atoms with van der Waals surface area (Å²) in [7, 11) is 0. The van der Waals surface area contributed by atoms with E-state index in [0.29, 0.717) is 19.8 Å². The normalized spacial score (nSPS) is 18.8. The van der Waals surface area contributed by atoms with Crippen molar-refractivity contribution in [1.82, 2.24) is 5.32 Å². The summed E-state index contributed by atoms with van der Waals surface area (Å²) in [6.45, 7) is 3.98. The summed E-state index contributed by atoms with van der Waals surface area (Å²) >= 11 is 0. The first-order valence-corrected chi connectivity index (χ1v) is 6.49. The monoisotopic (exact) mass is 255 g/mol. The number of hydrogen-bond acceptors (Lipinski definition) is 2. The molecular formula is C14H19F2NO. The lowest BCUT2D eigenvalue weighted by Crippen LogP contribution is -2.33. The van der Waals surface area contributed by atoms with Crippen molar-refractivity contribution >= 4 is 0 Å². The zero-order chi connectivity index (χ0) is 13.0. The van der Waals surface area contributed by atoms with Gasteiger partial charge in [0.25, 0.3) is 0 Å². The minimum absolute atomic E-state index is 0.172. The Kier molecular flexibility index (Phi) is 4.66. The van der Waals surface area contributed by atoms with E-state index in [1.165, 1.54) is 18.2 Å². The summed E-state index contributed by atoms with van der Waals surface area (Å²) in [5.74, 6) is -0.704. The molecule has 0 aliphatic carbocycles. The Hall–Kier alpha value is -1.00. The van der Waals surface area contributed by atoms with Crippen LogP contribution in [0.25, 0.3) is 0 Å². The van der Waals surface area contributed by atoms with E-state index in [4.69, 9.17) is 4.74 Å². The maximum atomic E-state index is 13.9. The molecule has 1 N–H and O–H groups in total. The topological polar surface area (TPSA) is 21.3 Å². The van der Waals surface area contributed by atoms with E-state index < -0.39 is 11.6 Å². The minimum atomic E-state index is -0.465. The molecule has 1 unspecified atom stereocenters. The average Bonchev–Trinajstić information content (AvgIpc) is 2.38. The first kappa shape index (κ1) is 13.4. The van der Waals surface area contributed by atoms with E-state index >= 15 is 0 Å². The van der Waals surface area contributed by atoms with Gasteiger partial charge in [0, 0.05) is 24.8 Å². The lowest BCUT2D eigenvalue weighted by Gasteiger charge is -2.31. The molecule has 18 heavy (non-hydrogen) atoms. The van der Waals surface area contributed by atoms with Crippen LogP contribution in [0.4, 0.5) is 8.78 Å². The van der Waals surface area contributed by atoms with Gasteiger partial charge in [0.15, 0.2) is 0 Å². The second kappa shape index (κ2) is 6.25. The highest BCUT2D eigenvalue weighted by atomic mass is 19.1. The third-order valence-corrected chi connectivity index (χ3v) is 3.47. The van der Waals surface area contributed by atoms with E-state index in [9.17, 15) is 8.78 Å². The van der Waals surface area contributed by atoms with Gasteiger partial charge in [0.2, 0.25) is 0 Å². The molecule has 1 heterocycles.